The van der Waals surface area contributed by atoms with Crippen LogP contribution in [0, 0.1) is 0 Å². The van der Waals surface area contributed by atoms with Gasteiger partial charge in [0.1, 0.15) is 12.6 Å². The molecule has 16 heavy (non-hydrogen) atoms. The number of tetrazole rings is 1. The molecule has 0 aromatic carbocycles. The van der Waals surface area contributed by atoms with Gasteiger partial charge in [0.15, 0.2) is 0 Å². The Hall–Kier alpha value is -1.66. The van der Waals surface area contributed by atoms with E-state index in [0.29, 0.717) is 19.4 Å². The third-order valence-corrected chi connectivity index (χ3v) is 2.23. The number of hydrogen-bond donors (Lipinski definition) is 1. The summed E-state index contributed by atoms with van der Waals surface area (Å²) in [4.78, 5) is 16.4. The molecule has 0 bridgehead atoms. The molecule has 1 aromatic heterocycles. The van der Waals surface area contributed by atoms with E-state index >= 15 is 0 Å². The summed E-state index contributed by atoms with van der Waals surface area (Å²) in [5.74, 6) is 0. The smallest absolute Gasteiger partial charge is 0.361 e. The molecule has 0 aliphatic heterocycles. The lowest BCUT2D eigenvalue weighted by Crippen LogP contribution is -2.29. The van der Waals surface area contributed by atoms with Crippen LogP contribution in [0.25, 0.3) is 0 Å². The predicted molar refractivity (Wildman–Crippen MR) is 59.3 cm³/mol. The molecule has 0 saturated heterocycles. The fraction of sp³-hybridized carbons (Fsp3) is 0.778. The van der Waals surface area contributed by atoms with Gasteiger partial charge in [0.2, 0.25) is 0 Å². The van der Waals surface area contributed by atoms with Crippen molar-refractivity contribution in [3.8, 4) is 0 Å². The van der Waals surface area contributed by atoms with Gasteiger partial charge in [-0.05, 0) is 30.2 Å². The molecule has 1 rings (SSSR count). The molecule has 1 N–H and O–H groups in total. The number of hydrogen-bond acceptors (Lipinski definition) is 5. The second kappa shape index (κ2) is 6.04. The Morgan fingerprint density at radius 3 is 2.75 bits per heavy atom. The average Bonchev–Trinajstić information content (AvgIpc) is 2.71. The summed E-state index contributed by atoms with van der Waals surface area (Å²) in [5.41, 5.74) is 0.463. The fourth-order valence-corrected chi connectivity index (χ4v) is 1.47. The zero-order chi connectivity index (χ0) is 12.0. The molecule has 1 heterocycles. The summed E-state index contributed by atoms with van der Waals surface area (Å²) in [6.07, 6.45) is 1.42. The van der Waals surface area contributed by atoms with Crippen LogP contribution in [0.5, 0.6) is 0 Å². The minimum Gasteiger partial charge on any atom is -0.396 e. The first-order valence-electron chi connectivity index (χ1n) is 5.43. The molecule has 0 aliphatic rings. The Balaban J connectivity index is 2.96. The standard InChI is InChI=1S/C9H17N5O2/c1-4-7(11-16-6-3)8(5-2)14-9(15)10-12-13-14/h8H,4-6H2,1-3H3,(H,10,13,15). The first kappa shape index (κ1) is 12.4. The van der Waals surface area contributed by atoms with E-state index in [1.165, 1.54) is 4.68 Å². The van der Waals surface area contributed by atoms with Crippen molar-refractivity contribution in [1.29, 1.82) is 0 Å². The minimum atomic E-state index is -0.329. The number of rotatable bonds is 6. The number of aromatic amines is 1. The normalized spacial score (nSPS) is 13.8. The maximum atomic E-state index is 11.4. The lowest BCUT2D eigenvalue weighted by Gasteiger charge is -2.14. The minimum absolute atomic E-state index is 0.192. The van der Waals surface area contributed by atoms with Crippen molar-refractivity contribution >= 4 is 5.71 Å². The second-order valence-corrected chi connectivity index (χ2v) is 3.23. The van der Waals surface area contributed by atoms with Crippen molar-refractivity contribution < 1.29 is 4.84 Å². The molecule has 0 radical (unpaired) electrons. The van der Waals surface area contributed by atoms with E-state index in [-0.39, 0.29) is 11.7 Å². The molecule has 0 amide bonds. The quantitative estimate of drug-likeness (QED) is 0.573. The highest BCUT2D eigenvalue weighted by molar-refractivity contribution is 5.87. The third-order valence-electron chi connectivity index (χ3n) is 2.23. The number of H-pyrrole nitrogens is 1. The van der Waals surface area contributed by atoms with Gasteiger partial charge in [-0.2, -0.15) is 4.68 Å². The van der Waals surface area contributed by atoms with Crippen molar-refractivity contribution in [3.05, 3.63) is 10.5 Å². The second-order valence-electron chi connectivity index (χ2n) is 3.23. The fourth-order valence-electron chi connectivity index (χ4n) is 1.47. The Labute approximate surface area is 93.5 Å². The third kappa shape index (κ3) is 2.68. The highest BCUT2D eigenvalue weighted by Crippen LogP contribution is 2.12. The Morgan fingerprint density at radius 2 is 2.31 bits per heavy atom. The van der Waals surface area contributed by atoms with Crippen molar-refractivity contribution in [2.75, 3.05) is 6.61 Å². The number of oxime groups is 1. The van der Waals surface area contributed by atoms with Crippen LogP contribution >= 0.6 is 0 Å². The Bertz CT molecular complexity index is 395. The van der Waals surface area contributed by atoms with E-state index in [2.05, 4.69) is 20.7 Å². The maximum absolute atomic E-state index is 11.4. The van der Waals surface area contributed by atoms with E-state index in [1.54, 1.807) is 0 Å². The van der Waals surface area contributed by atoms with Crippen LogP contribution in [-0.4, -0.2) is 32.5 Å². The average molecular weight is 227 g/mol. The van der Waals surface area contributed by atoms with Crippen LogP contribution in [0.1, 0.15) is 39.7 Å². The zero-order valence-electron chi connectivity index (χ0n) is 9.80. The van der Waals surface area contributed by atoms with Gasteiger partial charge in [0, 0.05) is 0 Å². The largest absolute Gasteiger partial charge is 0.396 e. The van der Waals surface area contributed by atoms with Gasteiger partial charge in [0.05, 0.1) is 5.71 Å². The molecular weight excluding hydrogens is 210 g/mol. The predicted octanol–water partition coefficient (Wildman–Crippen LogP) is 0.720. The van der Waals surface area contributed by atoms with Gasteiger partial charge in [-0.1, -0.05) is 19.0 Å². The van der Waals surface area contributed by atoms with Crippen LogP contribution in [0.15, 0.2) is 9.95 Å². The van der Waals surface area contributed by atoms with Crippen LogP contribution < -0.4 is 5.69 Å². The topological polar surface area (TPSA) is 85.2 Å². The van der Waals surface area contributed by atoms with E-state index in [1.807, 2.05) is 20.8 Å². The molecule has 0 fully saturated rings. The lowest BCUT2D eigenvalue weighted by molar-refractivity contribution is 0.156. The van der Waals surface area contributed by atoms with Crippen molar-refractivity contribution in [2.24, 2.45) is 5.16 Å². The summed E-state index contributed by atoms with van der Waals surface area (Å²) in [6, 6.07) is -0.192. The molecule has 7 nitrogen and oxygen atoms in total. The SMILES string of the molecule is CCON=C(CC)C(CC)n1nn[nH]c1=O. The van der Waals surface area contributed by atoms with E-state index in [0.717, 1.165) is 5.71 Å². The number of aromatic nitrogens is 4. The van der Waals surface area contributed by atoms with Crippen molar-refractivity contribution in [3.63, 3.8) is 0 Å². The van der Waals surface area contributed by atoms with Gasteiger partial charge in [-0.25, -0.2) is 9.89 Å². The first-order chi connectivity index (χ1) is 7.74. The van der Waals surface area contributed by atoms with Crippen LogP contribution in [0.4, 0.5) is 0 Å². The van der Waals surface area contributed by atoms with Crippen LogP contribution in [0.3, 0.4) is 0 Å². The summed E-state index contributed by atoms with van der Waals surface area (Å²) >= 11 is 0. The number of nitrogens with one attached hydrogen (secondary N) is 1. The maximum Gasteiger partial charge on any atom is 0.361 e. The highest BCUT2D eigenvalue weighted by Gasteiger charge is 2.19. The molecule has 1 unspecified atom stereocenters. The van der Waals surface area contributed by atoms with E-state index in [4.69, 9.17) is 4.84 Å². The van der Waals surface area contributed by atoms with Gasteiger partial charge in [-0.3, -0.25) is 0 Å². The summed E-state index contributed by atoms with van der Waals surface area (Å²) in [6.45, 7) is 6.29. The summed E-state index contributed by atoms with van der Waals surface area (Å²) < 4.78 is 1.29. The molecule has 0 spiro atoms. The molecule has 0 saturated carbocycles. The van der Waals surface area contributed by atoms with Gasteiger partial charge >= 0.3 is 5.69 Å². The number of nitrogens with zero attached hydrogens (tertiary/aromatic N) is 4. The summed E-state index contributed by atoms with van der Waals surface area (Å²) in [7, 11) is 0. The highest BCUT2D eigenvalue weighted by atomic mass is 16.6. The van der Waals surface area contributed by atoms with Crippen LogP contribution in [0.2, 0.25) is 0 Å². The van der Waals surface area contributed by atoms with Gasteiger partial charge < -0.3 is 4.84 Å². The monoisotopic (exact) mass is 227 g/mol. The van der Waals surface area contributed by atoms with E-state index in [9.17, 15) is 4.79 Å². The Kier molecular flexibility index (Phi) is 4.68. The van der Waals surface area contributed by atoms with E-state index < -0.39 is 0 Å². The molecule has 0 aliphatic carbocycles. The van der Waals surface area contributed by atoms with Crippen molar-refractivity contribution in [2.45, 2.75) is 39.7 Å². The molecule has 7 heteroatoms. The van der Waals surface area contributed by atoms with Crippen LogP contribution in [-0.2, 0) is 4.84 Å². The van der Waals surface area contributed by atoms with Gasteiger partial charge in [0.25, 0.3) is 0 Å². The molecule has 1 aromatic rings. The lowest BCUT2D eigenvalue weighted by atomic mass is 10.1. The molecule has 1 atom stereocenters. The Morgan fingerprint density at radius 1 is 1.56 bits per heavy atom. The molecular formula is C9H17N5O2. The van der Waals surface area contributed by atoms with Crippen molar-refractivity contribution in [1.82, 2.24) is 20.2 Å². The molecule has 90 valence electrons. The van der Waals surface area contributed by atoms with Gasteiger partial charge in [-0.15, -0.1) is 0 Å². The first-order valence-corrected chi connectivity index (χ1v) is 5.43. The zero-order valence-corrected chi connectivity index (χ0v) is 9.80. The summed E-state index contributed by atoms with van der Waals surface area (Å²) in [5, 5.41) is 13.5.